The molecule has 0 unspecified atom stereocenters. The fourth-order valence-electron chi connectivity index (χ4n) is 1.43. The maximum absolute atomic E-state index is 12.9. The largest absolute Gasteiger partial charge is 0.207 e. The lowest BCUT2D eigenvalue weighted by Gasteiger charge is -1.96. The van der Waals surface area contributed by atoms with E-state index in [0.29, 0.717) is 5.56 Å². The molecule has 2 rings (SSSR count). The molecular weight excluding hydrogens is 206 g/mol. The van der Waals surface area contributed by atoms with Crippen molar-refractivity contribution in [3.05, 3.63) is 71.3 Å². The molecule has 0 saturated heterocycles. The van der Waals surface area contributed by atoms with E-state index >= 15 is 0 Å². The average Bonchev–Trinajstić information content (AvgIpc) is 2.27. The third kappa shape index (κ3) is 2.76. The molecule has 0 heterocycles. The predicted octanol–water partition coefficient (Wildman–Crippen LogP) is 4.14. The van der Waals surface area contributed by atoms with E-state index in [1.165, 1.54) is 12.1 Å². The van der Waals surface area contributed by atoms with Gasteiger partial charge < -0.3 is 0 Å². The third-order valence-electron chi connectivity index (χ3n) is 2.15. The van der Waals surface area contributed by atoms with E-state index in [4.69, 9.17) is 0 Å². The first-order valence-electron chi connectivity index (χ1n) is 4.93. The first kappa shape index (κ1) is 10.6. The van der Waals surface area contributed by atoms with Crippen LogP contribution in [0.25, 0.3) is 12.2 Å². The molecule has 0 atom stereocenters. The topological polar surface area (TPSA) is 0 Å². The van der Waals surface area contributed by atoms with Crippen molar-refractivity contribution in [1.29, 1.82) is 0 Å². The van der Waals surface area contributed by atoms with Crippen LogP contribution in [0.4, 0.5) is 8.78 Å². The maximum Gasteiger partial charge on any atom is 0.126 e. The van der Waals surface area contributed by atoms with E-state index in [1.54, 1.807) is 6.08 Å². The second-order valence-corrected chi connectivity index (χ2v) is 3.45. The van der Waals surface area contributed by atoms with Crippen LogP contribution in [-0.4, -0.2) is 0 Å². The minimum atomic E-state index is -0.562. The van der Waals surface area contributed by atoms with Gasteiger partial charge in [-0.2, -0.15) is 0 Å². The fraction of sp³-hybridized carbons (Fsp3) is 0. The number of hydrogen-bond acceptors (Lipinski definition) is 0. The zero-order valence-corrected chi connectivity index (χ0v) is 8.53. The summed E-state index contributed by atoms with van der Waals surface area (Å²) in [7, 11) is 0. The van der Waals surface area contributed by atoms with Crippen LogP contribution in [0, 0.1) is 11.6 Å². The van der Waals surface area contributed by atoms with E-state index in [1.807, 2.05) is 36.4 Å². The number of hydrogen-bond donors (Lipinski definition) is 0. The Morgan fingerprint density at radius 1 is 0.688 bits per heavy atom. The van der Waals surface area contributed by atoms with E-state index in [0.717, 1.165) is 11.6 Å². The summed E-state index contributed by atoms with van der Waals surface area (Å²) >= 11 is 0. The molecule has 0 fully saturated rings. The zero-order chi connectivity index (χ0) is 11.4. The molecule has 0 aliphatic heterocycles. The Morgan fingerprint density at radius 3 is 1.88 bits per heavy atom. The highest BCUT2D eigenvalue weighted by molar-refractivity contribution is 5.69. The smallest absolute Gasteiger partial charge is 0.126 e. The first-order chi connectivity index (χ1) is 7.74. The van der Waals surface area contributed by atoms with Gasteiger partial charge in [-0.05, 0) is 23.3 Å². The van der Waals surface area contributed by atoms with Crippen LogP contribution in [0.5, 0.6) is 0 Å². The monoisotopic (exact) mass is 216 g/mol. The fourth-order valence-corrected chi connectivity index (χ4v) is 1.43. The lowest BCUT2D eigenvalue weighted by Crippen LogP contribution is -1.81. The second-order valence-electron chi connectivity index (χ2n) is 3.45. The van der Waals surface area contributed by atoms with Gasteiger partial charge in [0.05, 0.1) is 0 Å². The van der Waals surface area contributed by atoms with Crippen LogP contribution in [0.2, 0.25) is 0 Å². The van der Waals surface area contributed by atoms with E-state index in [2.05, 4.69) is 0 Å². The molecule has 0 spiro atoms. The van der Waals surface area contributed by atoms with Crippen LogP contribution in [0.3, 0.4) is 0 Å². The van der Waals surface area contributed by atoms with Gasteiger partial charge in [0.1, 0.15) is 11.6 Å². The van der Waals surface area contributed by atoms with Crippen LogP contribution < -0.4 is 0 Å². The summed E-state index contributed by atoms with van der Waals surface area (Å²) in [6.45, 7) is 0. The Morgan fingerprint density at radius 2 is 1.25 bits per heavy atom. The lowest BCUT2D eigenvalue weighted by molar-refractivity contribution is 0.583. The minimum absolute atomic E-state index is 0.515. The van der Waals surface area contributed by atoms with Crippen molar-refractivity contribution in [1.82, 2.24) is 0 Å². The Labute approximate surface area is 92.9 Å². The summed E-state index contributed by atoms with van der Waals surface area (Å²) in [5.41, 5.74) is 1.51. The second kappa shape index (κ2) is 4.71. The molecule has 2 aromatic rings. The molecule has 0 aliphatic carbocycles. The van der Waals surface area contributed by atoms with Crippen molar-refractivity contribution < 1.29 is 8.78 Å². The van der Waals surface area contributed by atoms with Crippen molar-refractivity contribution in [2.24, 2.45) is 0 Å². The molecule has 0 aliphatic rings. The van der Waals surface area contributed by atoms with Crippen LogP contribution >= 0.6 is 0 Å². The van der Waals surface area contributed by atoms with Gasteiger partial charge in [-0.15, -0.1) is 0 Å². The molecule has 0 amide bonds. The third-order valence-corrected chi connectivity index (χ3v) is 2.15. The Bertz CT molecular complexity index is 481. The van der Waals surface area contributed by atoms with Gasteiger partial charge in [0.25, 0.3) is 0 Å². The molecule has 16 heavy (non-hydrogen) atoms. The van der Waals surface area contributed by atoms with Crippen molar-refractivity contribution >= 4 is 12.2 Å². The van der Waals surface area contributed by atoms with Gasteiger partial charge in [-0.1, -0.05) is 42.5 Å². The van der Waals surface area contributed by atoms with E-state index < -0.39 is 11.6 Å². The van der Waals surface area contributed by atoms with Crippen LogP contribution in [0.15, 0.2) is 48.5 Å². The molecule has 0 saturated carbocycles. The van der Waals surface area contributed by atoms with Gasteiger partial charge in [-0.25, -0.2) is 8.78 Å². The Kier molecular flexibility index (Phi) is 3.10. The normalized spacial score (nSPS) is 10.9. The van der Waals surface area contributed by atoms with Crippen molar-refractivity contribution in [2.75, 3.05) is 0 Å². The summed E-state index contributed by atoms with van der Waals surface area (Å²) in [5, 5.41) is 0. The minimum Gasteiger partial charge on any atom is -0.207 e. The van der Waals surface area contributed by atoms with Crippen molar-refractivity contribution in [2.45, 2.75) is 0 Å². The highest BCUT2D eigenvalue weighted by atomic mass is 19.1. The molecule has 0 N–H and O–H groups in total. The number of benzene rings is 2. The predicted molar refractivity (Wildman–Crippen MR) is 61.7 cm³/mol. The van der Waals surface area contributed by atoms with Gasteiger partial charge in [-0.3, -0.25) is 0 Å². The van der Waals surface area contributed by atoms with E-state index in [-0.39, 0.29) is 0 Å². The molecule has 0 radical (unpaired) electrons. The molecule has 80 valence electrons. The summed E-state index contributed by atoms with van der Waals surface area (Å²) in [6.07, 6.45) is 3.50. The Balaban J connectivity index is 2.24. The molecular formula is C14H10F2. The Hall–Kier alpha value is -1.96. The highest BCUT2D eigenvalue weighted by Crippen LogP contribution is 2.11. The van der Waals surface area contributed by atoms with E-state index in [9.17, 15) is 8.78 Å². The number of rotatable bonds is 2. The zero-order valence-electron chi connectivity index (χ0n) is 8.53. The highest BCUT2D eigenvalue weighted by Gasteiger charge is 1.96. The summed E-state index contributed by atoms with van der Waals surface area (Å²) in [5.74, 6) is -1.12. The summed E-state index contributed by atoms with van der Waals surface area (Å²) < 4.78 is 25.8. The van der Waals surface area contributed by atoms with Gasteiger partial charge in [0.2, 0.25) is 0 Å². The standard InChI is InChI=1S/C14H10F2/c15-13-8-12(9-14(16)10-13)7-6-11-4-2-1-3-5-11/h1-10H/b7-6-. The molecule has 0 bridgehead atoms. The van der Waals surface area contributed by atoms with Gasteiger partial charge >= 0.3 is 0 Å². The quantitative estimate of drug-likeness (QED) is 0.662. The SMILES string of the molecule is Fc1cc(F)cc(/C=C\c2ccccc2)c1. The summed E-state index contributed by atoms with van der Waals surface area (Å²) in [6, 6.07) is 13.0. The molecule has 0 nitrogen and oxygen atoms in total. The van der Waals surface area contributed by atoms with Crippen LogP contribution in [-0.2, 0) is 0 Å². The van der Waals surface area contributed by atoms with Gasteiger partial charge in [0.15, 0.2) is 0 Å². The van der Waals surface area contributed by atoms with Crippen molar-refractivity contribution in [3.8, 4) is 0 Å². The molecule has 2 heteroatoms. The summed E-state index contributed by atoms with van der Waals surface area (Å²) in [4.78, 5) is 0. The maximum atomic E-state index is 12.9. The number of halogens is 2. The molecule has 0 aromatic heterocycles. The molecule has 2 aromatic carbocycles. The lowest BCUT2D eigenvalue weighted by atomic mass is 10.1. The van der Waals surface area contributed by atoms with Crippen molar-refractivity contribution in [3.63, 3.8) is 0 Å². The van der Waals surface area contributed by atoms with Gasteiger partial charge in [0, 0.05) is 6.07 Å². The van der Waals surface area contributed by atoms with Crippen LogP contribution in [0.1, 0.15) is 11.1 Å². The average molecular weight is 216 g/mol. The first-order valence-corrected chi connectivity index (χ1v) is 4.93.